The van der Waals surface area contributed by atoms with E-state index >= 15 is 0 Å². The second kappa shape index (κ2) is 11.0. The number of unbranched alkanes of at least 4 members (excludes halogenated alkanes) is 4. The molecule has 0 saturated carbocycles. The average Bonchev–Trinajstić information content (AvgIpc) is 2.50. The standard InChI is InChI=1S/C17H24N2OS/c1-2-3-4-5-9-14-18-17(21)19-16(20)13-12-15-10-7-6-8-11-15/h6-8,10-13H,2-5,9,14H2,1H3,(H2,18,19,20,21)/b13-12+. The van der Waals surface area contributed by atoms with Crippen LogP contribution in [0.5, 0.6) is 0 Å². The van der Waals surface area contributed by atoms with E-state index < -0.39 is 0 Å². The predicted octanol–water partition coefficient (Wildman–Crippen LogP) is 3.66. The number of hydrogen-bond donors (Lipinski definition) is 2. The summed E-state index contributed by atoms with van der Waals surface area (Å²) in [5, 5.41) is 6.10. The van der Waals surface area contributed by atoms with Crippen molar-refractivity contribution in [2.75, 3.05) is 6.54 Å². The molecule has 0 unspecified atom stereocenters. The van der Waals surface area contributed by atoms with Crippen molar-refractivity contribution < 1.29 is 4.79 Å². The van der Waals surface area contributed by atoms with Crippen LogP contribution in [0.2, 0.25) is 0 Å². The zero-order valence-electron chi connectivity index (χ0n) is 12.6. The lowest BCUT2D eigenvalue weighted by Gasteiger charge is -2.07. The summed E-state index contributed by atoms with van der Waals surface area (Å²) in [7, 11) is 0. The zero-order chi connectivity index (χ0) is 15.3. The van der Waals surface area contributed by atoms with Crippen LogP contribution in [0.25, 0.3) is 6.08 Å². The largest absolute Gasteiger partial charge is 0.362 e. The molecule has 21 heavy (non-hydrogen) atoms. The van der Waals surface area contributed by atoms with Gasteiger partial charge in [0.25, 0.3) is 0 Å². The summed E-state index contributed by atoms with van der Waals surface area (Å²) in [5.41, 5.74) is 0.988. The third-order valence-corrected chi connectivity index (χ3v) is 3.28. The van der Waals surface area contributed by atoms with E-state index in [0.717, 1.165) is 18.5 Å². The normalized spacial score (nSPS) is 10.5. The third-order valence-electron chi connectivity index (χ3n) is 3.03. The van der Waals surface area contributed by atoms with E-state index in [1.807, 2.05) is 30.3 Å². The van der Waals surface area contributed by atoms with Gasteiger partial charge in [0, 0.05) is 12.6 Å². The minimum absolute atomic E-state index is 0.206. The molecule has 0 fully saturated rings. The predicted molar refractivity (Wildman–Crippen MR) is 93.0 cm³/mol. The molecule has 2 N–H and O–H groups in total. The molecule has 1 amide bonds. The maximum Gasteiger partial charge on any atom is 0.250 e. The van der Waals surface area contributed by atoms with Gasteiger partial charge in [-0.2, -0.15) is 0 Å². The van der Waals surface area contributed by atoms with Crippen LogP contribution in [0.4, 0.5) is 0 Å². The fraction of sp³-hybridized carbons (Fsp3) is 0.412. The smallest absolute Gasteiger partial charge is 0.250 e. The van der Waals surface area contributed by atoms with E-state index in [0.29, 0.717) is 5.11 Å². The lowest BCUT2D eigenvalue weighted by Crippen LogP contribution is -2.38. The molecule has 1 rings (SSSR count). The number of amides is 1. The minimum Gasteiger partial charge on any atom is -0.362 e. The van der Waals surface area contributed by atoms with E-state index in [4.69, 9.17) is 12.2 Å². The highest BCUT2D eigenvalue weighted by Crippen LogP contribution is 2.01. The molecule has 4 heteroatoms. The summed E-state index contributed by atoms with van der Waals surface area (Å²) in [6.07, 6.45) is 9.33. The Morgan fingerprint density at radius 1 is 1.14 bits per heavy atom. The quantitative estimate of drug-likeness (QED) is 0.437. The summed E-state index contributed by atoms with van der Waals surface area (Å²) in [4.78, 5) is 11.7. The molecule has 3 nitrogen and oxygen atoms in total. The fourth-order valence-corrected chi connectivity index (χ4v) is 2.07. The molecule has 0 saturated heterocycles. The summed E-state index contributed by atoms with van der Waals surface area (Å²) in [6.45, 7) is 3.01. The summed E-state index contributed by atoms with van der Waals surface area (Å²) >= 11 is 5.09. The molecule has 0 aromatic heterocycles. The maximum absolute atomic E-state index is 11.7. The molecule has 0 atom stereocenters. The molecule has 0 spiro atoms. The van der Waals surface area contributed by atoms with Gasteiger partial charge in [0.15, 0.2) is 5.11 Å². The van der Waals surface area contributed by atoms with Crippen LogP contribution in [0, 0.1) is 0 Å². The number of nitrogens with one attached hydrogen (secondary N) is 2. The topological polar surface area (TPSA) is 41.1 Å². The van der Waals surface area contributed by atoms with Crippen molar-refractivity contribution in [3.05, 3.63) is 42.0 Å². The highest BCUT2D eigenvalue weighted by atomic mass is 32.1. The Kier molecular flexibility index (Phi) is 9.13. The second-order valence-corrected chi connectivity index (χ2v) is 5.31. The van der Waals surface area contributed by atoms with Gasteiger partial charge < -0.3 is 5.32 Å². The number of thiocarbonyl (C=S) groups is 1. The van der Waals surface area contributed by atoms with Gasteiger partial charge in [-0.15, -0.1) is 0 Å². The molecule has 1 aromatic rings. The third kappa shape index (κ3) is 8.97. The molecule has 1 aromatic carbocycles. The second-order valence-electron chi connectivity index (χ2n) is 4.90. The summed E-state index contributed by atoms with van der Waals surface area (Å²) in [6, 6.07) is 9.69. The van der Waals surface area contributed by atoms with Gasteiger partial charge in [-0.25, -0.2) is 0 Å². The van der Waals surface area contributed by atoms with Gasteiger partial charge >= 0.3 is 0 Å². The first kappa shape index (κ1) is 17.4. The molecular weight excluding hydrogens is 280 g/mol. The molecule has 0 aliphatic carbocycles. The number of rotatable bonds is 8. The highest BCUT2D eigenvalue weighted by Gasteiger charge is 1.99. The maximum atomic E-state index is 11.7. The number of carbonyl (C=O) groups is 1. The van der Waals surface area contributed by atoms with E-state index in [1.54, 1.807) is 6.08 Å². The lowest BCUT2D eigenvalue weighted by atomic mass is 10.1. The van der Waals surface area contributed by atoms with Crippen LogP contribution in [0.15, 0.2) is 36.4 Å². The monoisotopic (exact) mass is 304 g/mol. The van der Waals surface area contributed by atoms with Crippen molar-refractivity contribution in [1.82, 2.24) is 10.6 Å². The first-order valence-electron chi connectivity index (χ1n) is 7.54. The van der Waals surface area contributed by atoms with Gasteiger partial charge in [0.2, 0.25) is 5.91 Å². The SMILES string of the molecule is CCCCCCCNC(=S)NC(=O)/C=C/c1ccccc1. The Morgan fingerprint density at radius 2 is 1.86 bits per heavy atom. The molecule has 0 aliphatic rings. The Morgan fingerprint density at radius 3 is 2.57 bits per heavy atom. The molecule has 114 valence electrons. The zero-order valence-corrected chi connectivity index (χ0v) is 13.4. The Hall–Kier alpha value is -1.68. The van der Waals surface area contributed by atoms with Crippen LogP contribution in [0.3, 0.4) is 0 Å². The molecular formula is C17H24N2OS. The Labute approximate surface area is 132 Å². The number of benzene rings is 1. The van der Waals surface area contributed by atoms with Gasteiger partial charge in [-0.05, 0) is 30.3 Å². The Balaban J connectivity index is 2.16. The highest BCUT2D eigenvalue weighted by molar-refractivity contribution is 7.80. The molecule has 0 heterocycles. The lowest BCUT2D eigenvalue weighted by molar-refractivity contribution is -0.115. The van der Waals surface area contributed by atoms with E-state index in [-0.39, 0.29) is 5.91 Å². The summed E-state index contributed by atoms with van der Waals surface area (Å²) in [5.74, 6) is -0.206. The molecule has 0 radical (unpaired) electrons. The van der Waals surface area contributed by atoms with E-state index in [9.17, 15) is 4.79 Å². The number of carbonyl (C=O) groups excluding carboxylic acids is 1. The minimum atomic E-state index is -0.206. The van der Waals surface area contributed by atoms with Gasteiger partial charge in [0.1, 0.15) is 0 Å². The molecule has 0 bridgehead atoms. The van der Waals surface area contributed by atoms with Gasteiger partial charge in [-0.3, -0.25) is 10.1 Å². The van der Waals surface area contributed by atoms with Crippen molar-refractivity contribution >= 4 is 29.3 Å². The van der Waals surface area contributed by atoms with Gasteiger partial charge in [-0.1, -0.05) is 62.9 Å². The van der Waals surface area contributed by atoms with Gasteiger partial charge in [0.05, 0.1) is 0 Å². The van der Waals surface area contributed by atoms with Crippen molar-refractivity contribution in [2.45, 2.75) is 39.0 Å². The van der Waals surface area contributed by atoms with Crippen LogP contribution >= 0.6 is 12.2 Å². The van der Waals surface area contributed by atoms with E-state index in [2.05, 4.69) is 17.6 Å². The van der Waals surface area contributed by atoms with E-state index in [1.165, 1.54) is 31.8 Å². The Bertz CT molecular complexity index is 457. The summed E-state index contributed by atoms with van der Waals surface area (Å²) < 4.78 is 0. The van der Waals surface area contributed by atoms with Crippen molar-refractivity contribution in [1.29, 1.82) is 0 Å². The average molecular weight is 304 g/mol. The van der Waals surface area contributed by atoms with Crippen LogP contribution in [0.1, 0.15) is 44.6 Å². The molecule has 0 aliphatic heterocycles. The van der Waals surface area contributed by atoms with Crippen molar-refractivity contribution in [3.8, 4) is 0 Å². The van der Waals surface area contributed by atoms with Crippen molar-refractivity contribution in [2.24, 2.45) is 0 Å². The van der Waals surface area contributed by atoms with Crippen LogP contribution in [-0.4, -0.2) is 17.6 Å². The van der Waals surface area contributed by atoms with Crippen LogP contribution < -0.4 is 10.6 Å². The first-order chi connectivity index (χ1) is 10.2. The van der Waals surface area contributed by atoms with Crippen molar-refractivity contribution in [3.63, 3.8) is 0 Å². The first-order valence-corrected chi connectivity index (χ1v) is 7.95. The van der Waals surface area contributed by atoms with Crippen LogP contribution in [-0.2, 0) is 4.79 Å². The fourth-order valence-electron chi connectivity index (χ4n) is 1.86. The number of hydrogen-bond acceptors (Lipinski definition) is 2.